The lowest BCUT2D eigenvalue weighted by atomic mass is 9.88. The van der Waals surface area contributed by atoms with Crippen molar-refractivity contribution >= 4 is 5.96 Å². The topological polar surface area (TPSA) is 57.7 Å². The second-order valence-electron chi connectivity index (χ2n) is 8.17. The van der Waals surface area contributed by atoms with Crippen molar-refractivity contribution in [2.24, 2.45) is 4.99 Å². The highest BCUT2D eigenvalue weighted by atomic mass is 19.1. The zero-order valence-corrected chi connectivity index (χ0v) is 18.7. The van der Waals surface area contributed by atoms with E-state index in [9.17, 15) is 4.39 Å². The average Bonchev–Trinajstić information content (AvgIpc) is 2.79. The predicted molar refractivity (Wildman–Crippen MR) is 125 cm³/mol. The highest BCUT2D eigenvalue weighted by molar-refractivity contribution is 5.79. The van der Waals surface area contributed by atoms with E-state index in [0.29, 0.717) is 13.1 Å². The summed E-state index contributed by atoms with van der Waals surface area (Å²) >= 11 is 0. The summed E-state index contributed by atoms with van der Waals surface area (Å²) in [5, 5.41) is 10.6. The molecule has 1 fully saturated rings. The SMILES string of the molecule is CCNC(=NCC1(NC(C)c2ccccc2)CCOCC1)NCCc1cccc(F)c1. The Bertz CT molecular complexity index is 821. The van der Waals surface area contributed by atoms with Crippen LogP contribution in [0.15, 0.2) is 59.6 Å². The number of rotatable bonds is 9. The fourth-order valence-corrected chi connectivity index (χ4v) is 3.98. The molecular formula is C25H35FN4O. The van der Waals surface area contributed by atoms with Crippen molar-refractivity contribution in [3.05, 3.63) is 71.5 Å². The number of hydrogen-bond donors (Lipinski definition) is 3. The van der Waals surface area contributed by atoms with Crippen LogP contribution in [0, 0.1) is 5.82 Å². The predicted octanol–water partition coefficient (Wildman–Crippen LogP) is 3.82. The van der Waals surface area contributed by atoms with E-state index < -0.39 is 0 Å². The molecule has 1 aliphatic heterocycles. The average molecular weight is 427 g/mol. The van der Waals surface area contributed by atoms with Crippen LogP contribution in [0.25, 0.3) is 0 Å². The lowest BCUT2D eigenvalue weighted by Crippen LogP contribution is -2.53. The van der Waals surface area contributed by atoms with Crippen molar-refractivity contribution < 1.29 is 9.13 Å². The van der Waals surface area contributed by atoms with Gasteiger partial charge in [-0.2, -0.15) is 0 Å². The van der Waals surface area contributed by atoms with Crippen LogP contribution in [0.4, 0.5) is 4.39 Å². The van der Waals surface area contributed by atoms with Gasteiger partial charge in [0, 0.05) is 37.9 Å². The van der Waals surface area contributed by atoms with Gasteiger partial charge in [-0.3, -0.25) is 4.99 Å². The molecular weight excluding hydrogens is 391 g/mol. The highest BCUT2D eigenvalue weighted by Crippen LogP contribution is 2.26. The van der Waals surface area contributed by atoms with Crippen molar-refractivity contribution in [1.29, 1.82) is 0 Å². The van der Waals surface area contributed by atoms with Gasteiger partial charge in [-0.05, 0) is 56.4 Å². The Kier molecular flexibility index (Phi) is 8.85. The first-order valence-electron chi connectivity index (χ1n) is 11.3. The van der Waals surface area contributed by atoms with E-state index in [4.69, 9.17) is 9.73 Å². The molecule has 3 N–H and O–H groups in total. The fourth-order valence-electron chi connectivity index (χ4n) is 3.98. The van der Waals surface area contributed by atoms with Gasteiger partial charge in [0.25, 0.3) is 0 Å². The molecule has 0 amide bonds. The van der Waals surface area contributed by atoms with E-state index in [0.717, 1.165) is 50.5 Å². The van der Waals surface area contributed by atoms with Gasteiger partial charge in [0.1, 0.15) is 5.82 Å². The van der Waals surface area contributed by atoms with Crippen LogP contribution >= 0.6 is 0 Å². The molecule has 1 atom stereocenters. The summed E-state index contributed by atoms with van der Waals surface area (Å²) in [5.41, 5.74) is 2.15. The monoisotopic (exact) mass is 426 g/mol. The van der Waals surface area contributed by atoms with Gasteiger partial charge < -0.3 is 20.7 Å². The Morgan fingerprint density at radius 1 is 1.10 bits per heavy atom. The Morgan fingerprint density at radius 2 is 1.87 bits per heavy atom. The molecule has 1 saturated heterocycles. The Balaban J connectivity index is 1.63. The summed E-state index contributed by atoms with van der Waals surface area (Å²) in [5.74, 6) is 0.595. The maximum atomic E-state index is 13.4. The molecule has 3 rings (SSSR count). The number of nitrogens with one attached hydrogen (secondary N) is 3. The summed E-state index contributed by atoms with van der Waals surface area (Å²) in [6, 6.07) is 17.5. The number of halogens is 1. The van der Waals surface area contributed by atoms with E-state index >= 15 is 0 Å². The third-order valence-corrected chi connectivity index (χ3v) is 5.75. The van der Waals surface area contributed by atoms with Crippen molar-refractivity contribution in [2.75, 3.05) is 32.8 Å². The fraction of sp³-hybridized carbons (Fsp3) is 0.480. The van der Waals surface area contributed by atoms with Gasteiger partial charge in [-0.25, -0.2) is 4.39 Å². The molecule has 1 heterocycles. The van der Waals surface area contributed by atoms with Gasteiger partial charge in [0.15, 0.2) is 5.96 Å². The maximum absolute atomic E-state index is 13.4. The van der Waals surface area contributed by atoms with Crippen molar-refractivity contribution in [3.8, 4) is 0 Å². The first-order chi connectivity index (χ1) is 15.1. The second-order valence-corrected chi connectivity index (χ2v) is 8.17. The minimum absolute atomic E-state index is 0.0988. The molecule has 31 heavy (non-hydrogen) atoms. The molecule has 0 aromatic heterocycles. The molecule has 2 aromatic rings. The van der Waals surface area contributed by atoms with Crippen LogP contribution in [0.5, 0.6) is 0 Å². The van der Waals surface area contributed by atoms with E-state index in [1.54, 1.807) is 12.1 Å². The second kappa shape index (κ2) is 11.8. The van der Waals surface area contributed by atoms with Crippen molar-refractivity contribution in [3.63, 3.8) is 0 Å². The van der Waals surface area contributed by atoms with Gasteiger partial charge >= 0.3 is 0 Å². The van der Waals surface area contributed by atoms with Gasteiger partial charge in [-0.1, -0.05) is 42.5 Å². The normalized spacial score (nSPS) is 17.2. The molecule has 168 valence electrons. The Labute approximate surface area is 185 Å². The zero-order valence-electron chi connectivity index (χ0n) is 18.7. The standard InChI is InChI=1S/C25H35FN4O/c1-3-27-24(28-15-12-21-8-7-11-23(26)18-21)29-19-25(13-16-31-17-14-25)30-20(2)22-9-5-4-6-10-22/h4-11,18,20,30H,3,12-17,19H2,1-2H3,(H2,27,28,29). The number of hydrogen-bond acceptors (Lipinski definition) is 3. The van der Waals surface area contributed by atoms with Crippen LogP contribution in [-0.2, 0) is 11.2 Å². The highest BCUT2D eigenvalue weighted by Gasteiger charge is 2.34. The Morgan fingerprint density at radius 3 is 2.58 bits per heavy atom. The molecule has 1 aliphatic rings. The van der Waals surface area contributed by atoms with Gasteiger partial charge in [-0.15, -0.1) is 0 Å². The van der Waals surface area contributed by atoms with Crippen LogP contribution in [0.3, 0.4) is 0 Å². The van der Waals surface area contributed by atoms with Crippen LogP contribution in [-0.4, -0.2) is 44.3 Å². The number of benzene rings is 2. The number of guanidine groups is 1. The van der Waals surface area contributed by atoms with Crippen LogP contribution in [0.1, 0.15) is 43.9 Å². The molecule has 6 heteroatoms. The molecule has 0 radical (unpaired) electrons. The zero-order chi connectivity index (χ0) is 21.9. The van der Waals surface area contributed by atoms with Crippen molar-refractivity contribution in [2.45, 2.75) is 44.7 Å². The van der Waals surface area contributed by atoms with Gasteiger partial charge in [0.2, 0.25) is 0 Å². The molecule has 0 bridgehead atoms. The Hall–Kier alpha value is -2.44. The smallest absolute Gasteiger partial charge is 0.191 e. The lowest BCUT2D eigenvalue weighted by molar-refractivity contribution is 0.0374. The van der Waals surface area contributed by atoms with Crippen LogP contribution in [0.2, 0.25) is 0 Å². The quantitative estimate of drug-likeness (QED) is 0.421. The molecule has 0 aliphatic carbocycles. The molecule has 5 nitrogen and oxygen atoms in total. The summed E-state index contributed by atoms with van der Waals surface area (Å²) in [6.07, 6.45) is 2.59. The first kappa shape index (κ1) is 23.2. The largest absolute Gasteiger partial charge is 0.381 e. The summed E-state index contributed by atoms with van der Waals surface area (Å²) in [4.78, 5) is 4.91. The van der Waals surface area contributed by atoms with E-state index in [-0.39, 0.29) is 17.4 Å². The van der Waals surface area contributed by atoms with Crippen molar-refractivity contribution in [1.82, 2.24) is 16.0 Å². The summed E-state index contributed by atoms with van der Waals surface area (Å²) in [7, 11) is 0. The van der Waals surface area contributed by atoms with E-state index in [1.165, 1.54) is 11.6 Å². The first-order valence-corrected chi connectivity index (χ1v) is 11.3. The molecule has 2 aromatic carbocycles. The molecule has 0 saturated carbocycles. The third kappa shape index (κ3) is 7.33. The minimum atomic E-state index is -0.196. The molecule has 1 unspecified atom stereocenters. The van der Waals surface area contributed by atoms with Gasteiger partial charge in [0.05, 0.1) is 6.54 Å². The summed E-state index contributed by atoms with van der Waals surface area (Å²) < 4.78 is 19.0. The number of aliphatic imine (C=N–C) groups is 1. The lowest BCUT2D eigenvalue weighted by Gasteiger charge is -2.39. The molecule has 0 spiro atoms. The third-order valence-electron chi connectivity index (χ3n) is 5.75. The number of ether oxygens (including phenoxy) is 1. The van der Waals surface area contributed by atoms with E-state index in [1.807, 2.05) is 12.1 Å². The summed E-state index contributed by atoms with van der Waals surface area (Å²) in [6.45, 7) is 7.90. The van der Waals surface area contributed by atoms with E-state index in [2.05, 4.69) is 54.1 Å². The van der Waals surface area contributed by atoms with Crippen LogP contribution < -0.4 is 16.0 Å². The maximum Gasteiger partial charge on any atom is 0.191 e. The number of nitrogens with zero attached hydrogens (tertiary/aromatic N) is 1. The minimum Gasteiger partial charge on any atom is -0.381 e.